The molecule has 0 bridgehead atoms. The first kappa shape index (κ1) is 29.2. The number of carboxylic acids is 1. The summed E-state index contributed by atoms with van der Waals surface area (Å²) in [5.74, 6) is 0.258. The van der Waals surface area contributed by atoms with Gasteiger partial charge in [0.1, 0.15) is 0 Å². The maximum Gasteiger partial charge on any atom is 0.337 e. The van der Waals surface area contributed by atoms with Crippen LogP contribution in [0, 0.1) is 25.7 Å². The van der Waals surface area contributed by atoms with Gasteiger partial charge in [-0.05, 0) is 98.4 Å². The Balaban J connectivity index is 1.46. The number of nitrogens with zero attached hydrogens (tertiary/aromatic N) is 4. The van der Waals surface area contributed by atoms with E-state index in [1.54, 1.807) is 18.3 Å². The smallest absolute Gasteiger partial charge is 0.337 e. The van der Waals surface area contributed by atoms with E-state index in [9.17, 15) is 9.90 Å². The molecule has 2 aromatic heterocycles. The monoisotopic (exact) mass is 613 g/mol. The van der Waals surface area contributed by atoms with E-state index in [1.807, 2.05) is 54.8 Å². The van der Waals surface area contributed by atoms with Crippen LogP contribution in [0.15, 0.2) is 72.9 Å². The van der Waals surface area contributed by atoms with Gasteiger partial charge in [0.15, 0.2) is 5.11 Å². The Morgan fingerprint density at radius 3 is 2.40 bits per heavy atom. The van der Waals surface area contributed by atoms with Crippen molar-refractivity contribution in [2.75, 3.05) is 22.9 Å². The van der Waals surface area contributed by atoms with Crippen LogP contribution < -0.4 is 15.1 Å². The predicted octanol–water partition coefficient (Wildman–Crippen LogP) is 7.50. The number of thiocarbonyl (C=S) groups is 1. The van der Waals surface area contributed by atoms with Gasteiger partial charge in [-0.3, -0.25) is 4.98 Å². The Morgan fingerprint density at radius 2 is 1.72 bits per heavy atom. The van der Waals surface area contributed by atoms with Gasteiger partial charge in [0, 0.05) is 36.4 Å². The number of hydrogen-bond acceptors (Lipinski definition) is 4. The van der Waals surface area contributed by atoms with E-state index in [0.717, 1.165) is 47.1 Å². The molecular formula is C34H36ClN5O2S. The number of rotatable bonds is 6. The number of hydrogen-bond donors (Lipinski definition) is 2. The molecule has 43 heavy (non-hydrogen) atoms. The van der Waals surface area contributed by atoms with E-state index in [-0.39, 0.29) is 17.6 Å². The molecule has 2 fully saturated rings. The Bertz CT molecular complexity index is 1680. The summed E-state index contributed by atoms with van der Waals surface area (Å²) in [6, 6.07) is 20.9. The van der Waals surface area contributed by atoms with Gasteiger partial charge in [0.25, 0.3) is 0 Å². The molecule has 2 aromatic carbocycles. The van der Waals surface area contributed by atoms with Crippen molar-refractivity contribution >= 4 is 46.3 Å². The maximum absolute atomic E-state index is 12.1. The van der Waals surface area contributed by atoms with Gasteiger partial charge in [-0.15, -0.1) is 0 Å². The van der Waals surface area contributed by atoms with Crippen molar-refractivity contribution in [3.05, 3.63) is 106 Å². The van der Waals surface area contributed by atoms with E-state index >= 15 is 0 Å². The van der Waals surface area contributed by atoms with Crippen molar-refractivity contribution in [1.29, 1.82) is 0 Å². The standard InChI is InChI=1S/C34H36ClN5O2S/c1-20-15-21(2)19-38(18-20)30-13-12-24(17-27(30)35)40-32(31(37-34(40)43)28-10-7-8-14-36-28)26-16-22(3)39(23(26)4)29-11-6-5-9-25(29)33(41)42/h5-14,16-17,20-21,31-32H,15,18-19H2,1-4H3,(H,37,43)(H,41,42). The minimum atomic E-state index is -0.964. The lowest BCUT2D eigenvalue weighted by molar-refractivity contribution is 0.0697. The molecule has 4 heterocycles. The Morgan fingerprint density at radius 1 is 1.00 bits per heavy atom. The third-order valence-electron chi connectivity index (χ3n) is 8.68. The minimum absolute atomic E-state index is 0.236. The Kier molecular flexibility index (Phi) is 7.92. The zero-order valence-corrected chi connectivity index (χ0v) is 26.4. The second-order valence-electron chi connectivity index (χ2n) is 12.0. The first-order chi connectivity index (χ1) is 20.6. The van der Waals surface area contributed by atoms with Crippen molar-refractivity contribution in [1.82, 2.24) is 14.9 Å². The minimum Gasteiger partial charge on any atom is -0.478 e. The summed E-state index contributed by atoms with van der Waals surface area (Å²) in [4.78, 5) is 21.4. The second-order valence-corrected chi connectivity index (χ2v) is 12.8. The summed E-state index contributed by atoms with van der Waals surface area (Å²) in [6.07, 6.45) is 3.02. The zero-order chi connectivity index (χ0) is 30.4. The number of nitrogens with one attached hydrogen (secondary N) is 1. The Labute approximate surface area is 263 Å². The highest BCUT2D eigenvalue weighted by Crippen LogP contribution is 2.45. The van der Waals surface area contributed by atoms with E-state index in [2.05, 4.69) is 47.2 Å². The van der Waals surface area contributed by atoms with E-state index in [0.29, 0.717) is 27.7 Å². The number of halogens is 1. The number of anilines is 2. The molecule has 4 unspecified atom stereocenters. The molecule has 4 atom stereocenters. The molecule has 0 aliphatic carbocycles. The van der Waals surface area contributed by atoms with Crippen molar-refractivity contribution in [3.63, 3.8) is 0 Å². The lowest BCUT2D eigenvalue weighted by atomic mass is 9.91. The van der Waals surface area contributed by atoms with Gasteiger partial charge in [-0.2, -0.15) is 0 Å². The fourth-order valence-corrected chi connectivity index (χ4v) is 7.66. The fraction of sp³-hybridized carbons (Fsp3) is 0.324. The number of carboxylic acid groups (broad SMARTS) is 1. The number of para-hydroxylation sites is 1. The second kappa shape index (κ2) is 11.7. The van der Waals surface area contributed by atoms with Crippen LogP contribution in [0.1, 0.15) is 65.4 Å². The molecule has 2 aliphatic heterocycles. The summed E-state index contributed by atoms with van der Waals surface area (Å²) in [7, 11) is 0. The largest absolute Gasteiger partial charge is 0.478 e. The number of aryl methyl sites for hydroxylation is 1. The number of benzene rings is 2. The van der Waals surface area contributed by atoms with Crippen LogP contribution in [0.3, 0.4) is 0 Å². The highest BCUT2D eigenvalue weighted by Gasteiger charge is 2.42. The molecule has 2 saturated heterocycles. The third-order valence-corrected chi connectivity index (χ3v) is 9.30. The molecule has 2 aliphatic rings. The number of carbonyl (C=O) groups is 1. The molecule has 0 saturated carbocycles. The van der Waals surface area contributed by atoms with E-state index < -0.39 is 5.97 Å². The van der Waals surface area contributed by atoms with Crippen molar-refractivity contribution in [2.24, 2.45) is 11.8 Å². The van der Waals surface area contributed by atoms with Crippen molar-refractivity contribution < 1.29 is 9.90 Å². The molecule has 6 rings (SSSR count). The number of aromatic carboxylic acids is 1. The van der Waals surface area contributed by atoms with E-state index in [4.69, 9.17) is 28.8 Å². The highest BCUT2D eigenvalue weighted by atomic mass is 35.5. The molecule has 0 radical (unpaired) electrons. The molecule has 0 amide bonds. The number of pyridine rings is 1. The van der Waals surface area contributed by atoms with Gasteiger partial charge in [0.05, 0.1) is 39.7 Å². The van der Waals surface area contributed by atoms with Gasteiger partial charge in [-0.25, -0.2) is 4.79 Å². The van der Waals surface area contributed by atoms with Crippen molar-refractivity contribution in [3.8, 4) is 5.69 Å². The average Bonchev–Trinajstić information content (AvgIpc) is 3.47. The first-order valence-corrected chi connectivity index (χ1v) is 15.5. The average molecular weight is 614 g/mol. The quantitative estimate of drug-likeness (QED) is 0.218. The van der Waals surface area contributed by atoms with E-state index in [1.165, 1.54) is 6.42 Å². The SMILES string of the molecule is Cc1cc(C2C(c3ccccn3)NC(=S)N2c2ccc(N3CC(C)CC(C)C3)c(Cl)c2)c(C)n1-c1ccccc1C(=O)O. The van der Waals surface area contributed by atoms with Gasteiger partial charge < -0.3 is 24.8 Å². The topological polar surface area (TPSA) is 73.6 Å². The van der Waals surface area contributed by atoms with Crippen molar-refractivity contribution in [2.45, 2.75) is 46.2 Å². The van der Waals surface area contributed by atoms with Crippen LogP contribution >= 0.6 is 23.8 Å². The molecule has 4 aromatic rings. The molecule has 9 heteroatoms. The molecular weight excluding hydrogens is 578 g/mol. The van der Waals surface area contributed by atoms with Crippen LogP contribution in [-0.4, -0.2) is 38.8 Å². The molecule has 0 spiro atoms. The zero-order valence-electron chi connectivity index (χ0n) is 24.8. The number of piperidine rings is 1. The van der Waals surface area contributed by atoms with Crippen LogP contribution in [0.2, 0.25) is 5.02 Å². The van der Waals surface area contributed by atoms with Gasteiger partial charge in [-0.1, -0.05) is 43.6 Å². The lowest BCUT2D eigenvalue weighted by Gasteiger charge is -2.37. The third kappa shape index (κ3) is 5.38. The number of aromatic nitrogens is 2. The normalized spacial score (nSPS) is 22.1. The maximum atomic E-state index is 12.1. The highest BCUT2D eigenvalue weighted by molar-refractivity contribution is 7.80. The summed E-state index contributed by atoms with van der Waals surface area (Å²) >= 11 is 13.0. The summed E-state index contributed by atoms with van der Waals surface area (Å²) < 4.78 is 2.02. The van der Waals surface area contributed by atoms with Crippen LogP contribution in [0.5, 0.6) is 0 Å². The van der Waals surface area contributed by atoms with Crippen LogP contribution in [0.25, 0.3) is 5.69 Å². The lowest BCUT2D eigenvalue weighted by Crippen LogP contribution is -2.38. The first-order valence-electron chi connectivity index (χ1n) is 14.7. The van der Waals surface area contributed by atoms with Crippen LogP contribution in [0.4, 0.5) is 11.4 Å². The summed E-state index contributed by atoms with van der Waals surface area (Å²) in [5.41, 5.74) is 6.58. The summed E-state index contributed by atoms with van der Waals surface area (Å²) in [6.45, 7) is 10.6. The summed E-state index contributed by atoms with van der Waals surface area (Å²) in [5, 5.41) is 14.8. The predicted molar refractivity (Wildman–Crippen MR) is 177 cm³/mol. The Hall–Kier alpha value is -3.88. The van der Waals surface area contributed by atoms with Gasteiger partial charge in [0.2, 0.25) is 0 Å². The molecule has 222 valence electrons. The molecule has 2 N–H and O–H groups in total. The molecule has 7 nitrogen and oxygen atoms in total. The van der Waals surface area contributed by atoms with Crippen LogP contribution in [-0.2, 0) is 0 Å². The van der Waals surface area contributed by atoms with Gasteiger partial charge >= 0.3 is 5.97 Å². The fourth-order valence-electron chi connectivity index (χ4n) is 7.02.